The Morgan fingerprint density at radius 2 is 1.74 bits per heavy atom. The van der Waals surface area contributed by atoms with Crippen molar-refractivity contribution in [3.05, 3.63) is 29.8 Å². The maximum Gasteiger partial charge on any atom is 0.251 e. The molecule has 1 aliphatic carbocycles. The van der Waals surface area contributed by atoms with Crippen molar-refractivity contribution in [1.29, 1.82) is 0 Å². The molecule has 1 saturated carbocycles. The van der Waals surface area contributed by atoms with Crippen molar-refractivity contribution in [3.63, 3.8) is 0 Å². The van der Waals surface area contributed by atoms with Gasteiger partial charge < -0.3 is 10.4 Å². The van der Waals surface area contributed by atoms with Gasteiger partial charge in [0, 0.05) is 24.7 Å². The molecule has 0 bridgehead atoms. The van der Waals surface area contributed by atoms with Gasteiger partial charge in [-0.25, -0.2) is 8.42 Å². The van der Waals surface area contributed by atoms with E-state index in [2.05, 4.69) is 19.2 Å². The van der Waals surface area contributed by atoms with Gasteiger partial charge in [0.25, 0.3) is 5.91 Å². The van der Waals surface area contributed by atoms with Crippen LogP contribution in [0.2, 0.25) is 0 Å². The van der Waals surface area contributed by atoms with Crippen LogP contribution in [0.4, 0.5) is 0 Å². The fraction of sp³-hybridized carbons (Fsp3) is 0.650. The molecule has 1 amide bonds. The molecule has 3 rings (SSSR count). The van der Waals surface area contributed by atoms with Gasteiger partial charge in [0.05, 0.1) is 11.0 Å². The monoisotopic (exact) mass is 394 g/mol. The number of carbonyl (C=O) groups excluding carboxylic acids is 1. The Morgan fingerprint density at radius 1 is 1.11 bits per heavy atom. The van der Waals surface area contributed by atoms with Crippen LogP contribution in [0.1, 0.15) is 56.3 Å². The molecule has 0 aromatic heterocycles. The summed E-state index contributed by atoms with van der Waals surface area (Å²) >= 11 is 0. The van der Waals surface area contributed by atoms with Crippen molar-refractivity contribution in [3.8, 4) is 0 Å². The average Bonchev–Trinajstić information content (AvgIpc) is 2.63. The third-order valence-electron chi connectivity index (χ3n) is 5.60. The van der Waals surface area contributed by atoms with Crippen LogP contribution in [0.3, 0.4) is 0 Å². The standard InChI is InChI=1S/C20H30N2O4S/c1-14-10-15(2)13-22(12-14)27(25,26)19-5-3-4-16(11-19)20(24)21-17-6-8-18(23)9-7-17/h3-5,11,14-15,17-18,23H,6-10,12-13H2,1-2H3,(H,21,24). The Labute approximate surface area is 162 Å². The van der Waals surface area contributed by atoms with Crippen LogP contribution in [0.25, 0.3) is 0 Å². The summed E-state index contributed by atoms with van der Waals surface area (Å²) < 4.78 is 27.6. The Morgan fingerprint density at radius 3 is 2.37 bits per heavy atom. The highest BCUT2D eigenvalue weighted by Crippen LogP contribution is 2.27. The van der Waals surface area contributed by atoms with Gasteiger partial charge in [-0.05, 0) is 62.1 Å². The van der Waals surface area contributed by atoms with E-state index in [4.69, 9.17) is 0 Å². The summed E-state index contributed by atoms with van der Waals surface area (Å²) in [7, 11) is -3.60. The third kappa shape index (κ3) is 4.89. The van der Waals surface area contributed by atoms with Crippen LogP contribution < -0.4 is 5.32 Å². The first kappa shape index (κ1) is 20.3. The number of benzene rings is 1. The summed E-state index contributed by atoms with van der Waals surface area (Å²) in [6.45, 7) is 5.19. The van der Waals surface area contributed by atoms with Crippen LogP contribution in [0.5, 0.6) is 0 Å². The average molecular weight is 395 g/mol. The van der Waals surface area contributed by atoms with Crippen LogP contribution >= 0.6 is 0 Å². The highest BCUT2D eigenvalue weighted by atomic mass is 32.2. The summed E-state index contributed by atoms with van der Waals surface area (Å²) in [6, 6.07) is 6.35. The molecule has 6 nitrogen and oxygen atoms in total. The second kappa shape index (κ2) is 8.29. The van der Waals surface area contributed by atoms with E-state index in [1.165, 1.54) is 6.07 Å². The van der Waals surface area contributed by atoms with Crippen molar-refractivity contribution in [2.75, 3.05) is 13.1 Å². The number of aliphatic hydroxyl groups excluding tert-OH is 1. The normalized spacial score (nSPS) is 30.0. The van der Waals surface area contributed by atoms with E-state index in [9.17, 15) is 18.3 Å². The van der Waals surface area contributed by atoms with Crippen molar-refractivity contribution in [1.82, 2.24) is 9.62 Å². The molecule has 2 N–H and O–H groups in total. The summed E-state index contributed by atoms with van der Waals surface area (Å²) in [5.41, 5.74) is 0.361. The second-order valence-electron chi connectivity index (χ2n) is 8.27. The fourth-order valence-corrected chi connectivity index (χ4v) is 5.96. The number of nitrogens with zero attached hydrogens (tertiary/aromatic N) is 1. The molecule has 7 heteroatoms. The van der Waals surface area contributed by atoms with E-state index in [-0.39, 0.29) is 22.9 Å². The molecular formula is C20H30N2O4S. The lowest BCUT2D eigenvalue weighted by molar-refractivity contribution is 0.0867. The molecule has 2 atom stereocenters. The number of carbonyl (C=O) groups is 1. The molecule has 1 heterocycles. The summed E-state index contributed by atoms with van der Waals surface area (Å²) in [5.74, 6) is 0.405. The molecule has 1 saturated heterocycles. The SMILES string of the molecule is CC1CC(C)CN(S(=O)(=O)c2cccc(C(=O)NC3CCC(O)CC3)c2)C1. The Bertz CT molecular complexity index is 762. The number of rotatable bonds is 4. The van der Waals surface area contributed by atoms with E-state index in [1.54, 1.807) is 22.5 Å². The van der Waals surface area contributed by atoms with Gasteiger partial charge in [-0.1, -0.05) is 19.9 Å². The van der Waals surface area contributed by atoms with E-state index in [0.29, 0.717) is 43.3 Å². The topological polar surface area (TPSA) is 86.7 Å². The molecule has 2 unspecified atom stereocenters. The van der Waals surface area contributed by atoms with Gasteiger partial charge in [-0.2, -0.15) is 4.31 Å². The Hall–Kier alpha value is -1.44. The van der Waals surface area contributed by atoms with Gasteiger partial charge in [-0.15, -0.1) is 0 Å². The van der Waals surface area contributed by atoms with Gasteiger partial charge in [0.2, 0.25) is 10.0 Å². The van der Waals surface area contributed by atoms with Crippen molar-refractivity contribution >= 4 is 15.9 Å². The Balaban J connectivity index is 1.73. The van der Waals surface area contributed by atoms with Crippen LogP contribution in [0.15, 0.2) is 29.2 Å². The first-order chi connectivity index (χ1) is 12.8. The van der Waals surface area contributed by atoms with E-state index < -0.39 is 10.0 Å². The summed E-state index contributed by atoms with van der Waals surface area (Å²) in [6.07, 6.45) is 3.61. The highest BCUT2D eigenvalue weighted by molar-refractivity contribution is 7.89. The minimum absolute atomic E-state index is 0.0324. The third-order valence-corrected chi connectivity index (χ3v) is 7.43. The minimum Gasteiger partial charge on any atom is -0.393 e. The first-order valence-corrected chi connectivity index (χ1v) is 11.3. The first-order valence-electron chi connectivity index (χ1n) is 9.85. The van der Waals surface area contributed by atoms with Gasteiger partial charge in [0.1, 0.15) is 0 Å². The molecule has 0 radical (unpaired) electrons. The predicted octanol–water partition coefficient (Wildman–Crippen LogP) is 2.39. The number of amides is 1. The number of piperidine rings is 1. The molecule has 2 fully saturated rings. The van der Waals surface area contributed by atoms with Crippen LogP contribution in [-0.4, -0.2) is 49.0 Å². The van der Waals surface area contributed by atoms with E-state index in [1.807, 2.05) is 0 Å². The minimum atomic E-state index is -3.60. The zero-order valence-corrected chi connectivity index (χ0v) is 16.9. The lowest BCUT2D eigenvalue weighted by Crippen LogP contribution is -2.42. The second-order valence-corrected chi connectivity index (χ2v) is 10.2. The smallest absolute Gasteiger partial charge is 0.251 e. The maximum absolute atomic E-state index is 13.0. The van der Waals surface area contributed by atoms with Crippen LogP contribution in [-0.2, 0) is 10.0 Å². The van der Waals surface area contributed by atoms with Crippen molar-refractivity contribution in [2.24, 2.45) is 11.8 Å². The molecule has 2 aliphatic rings. The number of sulfonamides is 1. The van der Waals surface area contributed by atoms with Gasteiger partial charge >= 0.3 is 0 Å². The zero-order chi connectivity index (χ0) is 19.6. The van der Waals surface area contributed by atoms with Crippen LogP contribution in [0, 0.1) is 11.8 Å². The number of hydrogen-bond donors (Lipinski definition) is 2. The Kier molecular flexibility index (Phi) is 6.23. The summed E-state index contributed by atoms with van der Waals surface area (Å²) in [5, 5.41) is 12.6. The molecule has 0 spiro atoms. The molecule has 27 heavy (non-hydrogen) atoms. The fourth-order valence-electron chi connectivity index (χ4n) is 4.24. The molecular weight excluding hydrogens is 364 g/mol. The van der Waals surface area contributed by atoms with Crippen molar-refractivity contribution in [2.45, 2.75) is 63.0 Å². The van der Waals surface area contributed by atoms with E-state index in [0.717, 1.165) is 19.3 Å². The number of aliphatic hydroxyl groups is 1. The van der Waals surface area contributed by atoms with Crippen molar-refractivity contribution < 1.29 is 18.3 Å². The van der Waals surface area contributed by atoms with E-state index >= 15 is 0 Å². The lowest BCUT2D eigenvalue weighted by Gasteiger charge is -2.34. The highest BCUT2D eigenvalue weighted by Gasteiger charge is 2.32. The predicted molar refractivity (Wildman–Crippen MR) is 104 cm³/mol. The molecule has 150 valence electrons. The number of hydrogen-bond acceptors (Lipinski definition) is 4. The molecule has 1 aliphatic heterocycles. The lowest BCUT2D eigenvalue weighted by atomic mass is 9.93. The van der Waals surface area contributed by atoms with Gasteiger partial charge in [0.15, 0.2) is 0 Å². The maximum atomic E-state index is 13.0. The summed E-state index contributed by atoms with van der Waals surface area (Å²) in [4.78, 5) is 12.7. The molecule has 1 aromatic rings. The zero-order valence-electron chi connectivity index (χ0n) is 16.1. The number of nitrogens with one attached hydrogen (secondary N) is 1. The largest absolute Gasteiger partial charge is 0.393 e. The quantitative estimate of drug-likeness (QED) is 0.821. The van der Waals surface area contributed by atoms with Gasteiger partial charge in [-0.3, -0.25) is 4.79 Å². The molecule has 1 aromatic carbocycles.